The van der Waals surface area contributed by atoms with Gasteiger partial charge in [-0.05, 0) is 83.6 Å². The lowest BCUT2D eigenvalue weighted by Crippen LogP contribution is -2.26. The summed E-state index contributed by atoms with van der Waals surface area (Å²) in [7, 11) is 0. The van der Waals surface area contributed by atoms with E-state index >= 15 is 0 Å². The minimum absolute atomic E-state index is 0.0551. The van der Waals surface area contributed by atoms with E-state index in [4.69, 9.17) is 0 Å². The van der Waals surface area contributed by atoms with Crippen molar-refractivity contribution in [2.45, 2.75) is 73.3 Å². The maximum absolute atomic E-state index is 12.5. The van der Waals surface area contributed by atoms with Gasteiger partial charge in [-0.15, -0.1) is 10.2 Å². The molecule has 3 aromatic rings. The van der Waals surface area contributed by atoms with Crippen LogP contribution in [0.2, 0.25) is 0 Å². The van der Waals surface area contributed by atoms with Crippen molar-refractivity contribution in [3.05, 3.63) is 46.0 Å². The molecule has 0 atom stereocenters. The number of hydrogen-bond acceptors (Lipinski definition) is 6. The Morgan fingerprint density at radius 3 is 2.21 bits per heavy atom. The van der Waals surface area contributed by atoms with Crippen LogP contribution >= 0.6 is 0 Å². The van der Waals surface area contributed by atoms with Crippen LogP contribution in [0, 0.1) is 27.7 Å². The monoisotopic (exact) mass is 464 g/mol. The Hall–Kier alpha value is -3.23. The van der Waals surface area contributed by atoms with Crippen LogP contribution in [-0.2, 0) is 24.2 Å². The van der Waals surface area contributed by atoms with Crippen LogP contribution < -0.4 is 10.2 Å². The molecule has 4 heterocycles. The first kappa shape index (κ1) is 23.9. The molecule has 34 heavy (non-hydrogen) atoms. The van der Waals surface area contributed by atoms with Gasteiger partial charge in [0.1, 0.15) is 0 Å². The highest BCUT2D eigenvalue weighted by Crippen LogP contribution is 2.21. The Morgan fingerprint density at radius 1 is 0.912 bits per heavy atom. The van der Waals surface area contributed by atoms with E-state index in [2.05, 4.69) is 44.5 Å². The van der Waals surface area contributed by atoms with Crippen LogP contribution in [0.3, 0.4) is 0 Å². The third kappa shape index (κ3) is 4.98. The van der Waals surface area contributed by atoms with E-state index in [-0.39, 0.29) is 5.91 Å². The molecule has 0 saturated carbocycles. The molecule has 0 spiro atoms. The maximum atomic E-state index is 12.5. The molecule has 0 unspecified atom stereocenters. The molecular weight excluding hydrogens is 428 g/mol. The number of hydrogen-bond donors (Lipinski definition) is 1. The fourth-order valence-corrected chi connectivity index (χ4v) is 4.86. The fraction of sp³-hybridized carbons (Fsp3) is 0.560. The molecular formula is C25H36N8O. The molecule has 9 heteroatoms. The van der Waals surface area contributed by atoms with Crippen LogP contribution in [0.25, 0.3) is 5.82 Å². The van der Waals surface area contributed by atoms with Crippen molar-refractivity contribution in [3.63, 3.8) is 0 Å². The maximum Gasteiger partial charge on any atom is 0.220 e. The predicted octanol–water partition coefficient (Wildman–Crippen LogP) is 3.00. The number of aryl methyl sites for hydroxylation is 3. The summed E-state index contributed by atoms with van der Waals surface area (Å²) in [5.74, 6) is 1.68. The smallest absolute Gasteiger partial charge is 0.220 e. The Morgan fingerprint density at radius 2 is 1.56 bits per heavy atom. The quantitative estimate of drug-likeness (QED) is 0.523. The van der Waals surface area contributed by atoms with Crippen LogP contribution in [0.4, 0.5) is 5.82 Å². The zero-order valence-electron chi connectivity index (χ0n) is 21.1. The standard InChI is InChI=1S/C25H36N8O/c1-6-32-19(4)22(17(2)29-32)13-14-26-25(34)12-9-21-18(3)30-33(20(21)5)24-11-10-23(27-28-24)31-15-7-8-16-31/h10-11H,6-9,12-16H2,1-5H3,(H,26,34). The second-order valence-electron chi connectivity index (χ2n) is 9.07. The molecule has 1 N–H and O–H groups in total. The van der Waals surface area contributed by atoms with Gasteiger partial charge in [-0.1, -0.05) is 0 Å². The molecule has 1 aliphatic heterocycles. The van der Waals surface area contributed by atoms with Crippen LogP contribution in [-0.4, -0.2) is 55.3 Å². The third-order valence-electron chi connectivity index (χ3n) is 6.85. The van der Waals surface area contributed by atoms with Gasteiger partial charge in [-0.2, -0.15) is 10.2 Å². The number of carbonyl (C=O) groups is 1. The van der Waals surface area contributed by atoms with Gasteiger partial charge in [-0.25, -0.2) is 4.68 Å². The molecule has 0 aliphatic carbocycles. The fourth-order valence-electron chi connectivity index (χ4n) is 4.86. The molecule has 9 nitrogen and oxygen atoms in total. The Bertz CT molecular complexity index is 1140. The molecule has 1 fully saturated rings. The number of rotatable bonds is 9. The number of nitrogens with one attached hydrogen (secondary N) is 1. The van der Waals surface area contributed by atoms with Crippen LogP contribution in [0.15, 0.2) is 12.1 Å². The summed E-state index contributed by atoms with van der Waals surface area (Å²) in [6.45, 7) is 13.8. The Kier molecular flexibility index (Phi) is 7.29. The summed E-state index contributed by atoms with van der Waals surface area (Å²) < 4.78 is 3.85. The molecule has 0 bridgehead atoms. The number of amides is 1. The first-order chi connectivity index (χ1) is 16.4. The molecule has 182 valence electrons. The number of carbonyl (C=O) groups excluding carboxylic acids is 1. The molecule has 3 aromatic heterocycles. The van der Waals surface area contributed by atoms with E-state index in [1.165, 1.54) is 24.1 Å². The van der Waals surface area contributed by atoms with Gasteiger partial charge in [0.05, 0.1) is 11.4 Å². The first-order valence-electron chi connectivity index (χ1n) is 12.3. The van der Waals surface area contributed by atoms with Crippen molar-refractivity contribution in [1.29, 1.82) is 0 Å². The topological polar surface area (TPSA) is 93.8 Å². The molecule has 1 saturated heterocycles. The van der Waals surface area contributed by atoms with E-state index < -0.39 is 0 Å². The van der Waals surface area contributed by atoms with Gasteiger partial charge < -0.3 is 10.2 Å². The van der Waals surface area contributed by atoms with E-state index in [9.17, 15) is 4.79 Å². The van der Waals surface area contributed by atoms with E-state index in [0.717, 1.165) is 54.5 Å². The zero-order valence-corrected chi connectivity index (χ0v) is 21.1. The normalized spacial score (nSPS) is 13.6. The number of aromatic nitrogens is 6. The highest BCUT2D eigenvalue weighted by molar-refractivity contribution is 5.76. The minimum Gasteiger partial charge on any atom is -0.356 e. The molecule has 4 rings (SSSR count). The molecule has 1 aliphatic rings. The van der Waals surface area contributed by atoms with Crippen molar-refractivity contribution < 1.29 is 4.79 Å². The number of anilines is 1. The molecule has 0 radical (unpaired) electrons. The van der Waals surface area contributed by atoms with Gasteiger partial charge in [0, 0.05) is 44.0 Å². The molecule has 0 aromatic carbocycles. The summed E-state index contributed by atoms with van der Waals surface area (Å²) in [6, 6.07) is 3.99. The predicted molar refractivity (Wildman–Crippen MR) is 132 cm³/mol. The first-order valence-corrected chi connectivity index (χ1v) is 12.3. The van der Waals surface area contributed by atoms with Gasteiger partial charge in [-0.3, -0.25) is 9.48 Å². The highest BCUT2D eigenvalue weighted by atomic mass is 16.1. The van der Waals surface area contributed by atoms with Gasteiger partial charge >= 0.3 is 0 Å². The average Bonchev–Trinajstić information content (AvgIpc) is 3.53. The highest BCUT2D eigenvalue weighted by Gasteiger charge is 2.18. The zero-order chi connectivity index (χ0) is 24.2. The lowest BCUT2D eigenvalue weighted by Gasteiger charge is -2.15. The van der Waals surface area contributed by atoms with E-state index in [1.54, 1.807) is 0 Å². The minimum atomic E-state index is 0.0551. The average molecular weight is 465 g/mol. The lowest BCUT2D eigenvalue weighted by molar-refractivity contribution is -0.121. The summed E-state index contributed by atoms with van der Waals surface area (Å²) in [5, 5.41) is 21.1. The van der Waals surface area contributed by atoms with Gasteiger partial charge in [0.2, 0.25) is 5.91 Å². The van der Waals surface area contributed by atoms with Crippen molar-refractivity contribution in [2.75, 3.05) is 24.5 Å². The van der Waals surface area contributed by atoms with E-state index in [0.29, 0.717) is 25.2 Å². The number of nitrogens with zero attached hydrogens (tertiary/aromatic N) is 7. The summed E-state index contributed by atoms with van der Waals surface area (Å²) in [4.78, 5) is 14.8. The van der Waals surface area contributed by atoms with Gasteiger partial charge in [0.15, 0.2) is 11.6 Å². The van der Waals surface area contributed by atoms with E-state index in [1.807, 2.05) is 42.3 Å². The Labute approximate surface area is 201 Å². The summed E-state index contributed by atoms with van der Waals surface area (Å²) >= 11 is 0. The molecule has 1 amide bonds. The summed E-state index contributed by atoms with van der Waals surface area (Å²) in [6.07, 6.45) is 4.29. The van der Waals surface area contributed by atoms with Gasteiger partial charge in [0.25, 0.3) is 0 Å². The second kappa shape index (κ2) is 10.4. The summed E-state index contributed by atoms with van der Waals surface area (Å²) in [5.41, 5.74) is 6.48. The third-order valence-corrected chi connectivity index (χ3v) is 6.85. The second-order valence-corrected chi connectivity index (χ2v) is 9.07. The van der Waals surface area contributed by atoms with Crippen molar-refractivity contribution in [3.8, 4) is 5.82 Å². The van der Waals surface area contributed by atoms with Crippen LogP contribution in [0.5, 0.6) is 0 Å². The van der Waals surface area contributed by atoms with Crippen molar-refractivity contribution in [1.82, 2.24) is 35.1 Å². The van der Waals surface area contributed by atoms with Crippen molar-refractivity contribution >= 4 is 11.7 Å². The Balaban J connectivity index is 1.33. The SMILES string of the molecule is CCn1nc(C)c(CCNC(=O)CCc2c(C)nn(-c3ccc(N4CCCC4)nn3)c2C)c1C. The lowest BCUT2D eigenvalue weighted by atomic mass is 10.1. The largest absolute Gasteiger partial charge is 0.356 e. The van der Waals surface area contributed by atoms with Crippen LogP contribution in [0.1, 0.15) is 60.1 Å². The van der Waals surface area contributed by atoms with Crippen molar-refractivity contribution in [2.24, 2.45) is 0 Å².